The van der Waals surface area contributed by atoms with Crippen LogP contribution in [0.15, 0.2) is 60.7 Å². The van der Waals surface area contributed by atoms with Crippen LogP contribution in [-0.4, -0.2) is 5.78 Å². The molecule has 0 saturated heterocycles. The molecule has 22 heavy (non-hydrogen) atoms. The van der Waals surface area contributed by atoms with Crippen LogP contribution in [0.1, 0.15) is 49.1 Å². The van der Waals surface area contributed by atoms with E-state index in [2.05, 4.69) is 54.6 Å². The van der Waals surface area contributed by atoms with Crippen molar-refractivity contribution in [1.29, 1.82) is 0 Å². The Labute approximate surface area is 133 Å². The smallest absolute Gasteiger partial charge is 0.140 e. The van der Waals surface area contributed by atoms with Crippen LogP contribution in [0, 0.1) is 5.92 Å². The molecule has 0 bridgehead atoms. The van der Waals surface area contributed by atoms with Crippen LogP contribution in [0.2, 0.25) is 0 Å². The Morgan fingerprint density at radius 1 is 0.909 bits per heavy atom. The quantitative estimate of drug-likeness (QED) is 0.743. The predicted molar refractivity (Wildman–Crippen MR) is 90.9 cm³/mol. The standard InChI is InChI=1S/C21H24O/c22-20-16-8-15-19(21(20)18-12-5-2-6-13-18)14-7-11-17-9-3-1-4-10-17/h1-6,9-10,12-13,19,21H,7-8,11,14-16H2/t19-,21+/m1/s1. The molecule has 0 aliphatic heterocycles. The first-order valence-electron chi connectivity index (χ1n) is 8.46. The van der Waals surface area contributed by atoms with E-state index in [0.29, 0.717) is 11.7 Å². The highest BCUT2D eigenvalue weighted by molar-refractivity contribution is 5.86. The van der Waals surface area contributed by atoms with E-state index in [1.807, 2.05) is 6.07 Å². The van der Waals surface area contributed by atoms with E-state index in [4.69, 9.17) is 0 Å². The third-order valence-corrected chi connectivity index (χ3v) is 4.86. The van der Waals surface area contributed by atoms with Gasteiger partial charge in [0.05, 0.1) is 0 Å². The second-order valence-electron chi connectivity index (χ2n) is 6.38. The van der Waals surface area contributed by atoms with Gasteiger partial charge in [-0.2, -0.15) is 0 Å². The van der Waals surface area contributed by atoms with Crippen LogP contribution in [-0.2, 0) is 11.2 Å². The molecule has 3 rings (SSSR count). The van der Waals surface area contributed by atoms with Gasteiger partial charge >= 0.3 is 0 Å². The van der Waals surface area contributed by atoms with E-state index in [0.717, 1.165) is 25.7 Å². The minimum absolute atomic E-state index is 0.130. The molecule has 0 spiro atoms. The van der Waals surface area contributed by atoms with Crippen molar-refractivity contribution in [1.82, 2.24) is 0 Å². The molecular weight excluding hydrogens is 268 g/mol. The van der Waals surface area contributed by atoms with E-state index < -0.39 is 0 Å². The second kappa shape index (κ2) is 7.40. The third kappa shape index (κ3) is 3.65. The summed E-state index contributed by atoms with van der Waals surface area (Å²) in [5.74, 6) is 1.10. The molecule has 0 N–H and O–H groups in total. The van der Waals surface area contributed by atoms with Gasteiger partial charge in [-0.05, 0) is 49.1 Å². The number of hydrogen-bond donors (Lipinski definition) is 0. The number of benzene rings is 2. The van der Waals surface area contributed by atoms with Crippen molar-refractivity contribution in [3.8, 4) is 0 Å². The fraction of sp³-hybridized carbons (Fsp3) is 0.381. The molecule has 1 aliphatic carbocycles. The highest BCUT2D eigenvalue weighted by atomic mass is 16.1. The van der Waals surface area contributed by atoms with Crippen LogP contribution >= 0.6 is 0 Å². The van der Waals surface area contributed by atoms with Gasteiger partial charge in [-0.3, -0.25) is 4.79 Å². The zero-order chi connectivity index (χ0) is 15.2. The summed E-state index contributed by atoms with van der Waals surface area (Å²) in [6, 6.07) is 21.0. The van der Waals surface area contributed by atoms with E-state index in [9.17, 15) is 4.79 Å². The van der Waals surface area contributed by atoms with Gasteiger partial charge in [0.25, 0.3) is 0 Å². The molecule has 1 saturated carbocycles. The van der Waals surface area contributed by atoms with Crippen LogP contribution in [0.3, 0.4) is 0 Å². The van der Waals surface area contributed by atoms with Gasteiger partial charge in [-0.1, -0.05) is 60.7 Å². The van der Waals surface area contributed by atoms with Crippen molar-refractivity contribution in [2.24, 2.45) is 5.92 Å². The zero-order valence-electron chi connectivity index (χ0n) is 13.1. The molecule has 1 heteroatoms. The maximum absolute atomic E-state index is 12.4. The van der Waals surface area contributed by atoms with Crippen molar-refractivity contribution in [2.45, 2.75) is 44.4 Å². The molecule has 0 heterocycles. The normalized spacial score (nSPS) is 21.7. The molecule has 0 unspecified atom stereocenters. The average Bonchev–Trinajstić information content (AvgIpc) is 2.57. The SMILES string of the molecule is O=C1CCC[C@@H](CCCc2ccccc2)[C@@H]1c1ccccc1. The number of rotatable bonds is 5. The van der Waals surface area contributed by atoms with Crippen molar-refractivity contribution >= 4 is 5.78 Å². The number of aryl methyl sites for hydroxylation is 1. The van der Waals surface area contributed by atoms with Crippen LogP contribution < -0.4 is 0 Å². The highest BCUT2D eigenvalue weighted by Crippen LogP contribution is 2.38. The van der Waals surface area contributed by atoms with Gasteiger partial charge in [0.1, 0.15) is 5.78 Å². The molecule has 114 valence electrons. The molecule has 1 nitrogen and oxygen atoms in total. The van der Waals surface area contributed by atoms with Gasteiger partial charge in [0, 0.05) is 12.3 Å². The fourth-order valence-corrected chi connectivity index (χ4v) is 3.77. The van der Waals surface area contributed by atoms with E-state index in [1.165, 1.54) is 24.0 Å². The Bertz CT molecular complexity index is 588. The van der Waals surface area contributed by atoms with Crippen molar-refractivity contribution in [3.05, 3.63) is 71.8 Å². The van der Waals surface area contributed by atoms with E-state index in [-0.39, 0.29) is 5.92 Å². The Kier molecular flexibility index (Phi) is 5.05. The van der Waals surface area contributed by atoms with Crippen LogP contribution in [0.5, 0.6) is 0 Å². The molecule has 1 aliphatic rings. The lowest BCUT2D eigenvalue weighted by atomic mass is 9.72. The highest BCUT2D eigenvalue weighted by Gasteiger charge is 2.32. The number of hydrogen-bond acceptors (Lipinski definition) is 1. The van der Waals surface area contributed by atoms with Crippen molar-refractivity contribution in [2.75, 3.05) is 0 Å². The van der Waals surface area contributed by atoms with E-state index >= 15 is 0 Å². The predicted octanol–water partition coefficient (Wildman–Crippen LogP) is 5.16. The molecule has 2 aromatic carbocycles. The van der Waals surface area contributed by atoms with Crippen molar-refractivity contribution < 1.29 is 4.79 Å². The van der Waals surface area contributed by atoms with Gasteiger partial charge < -0.3 is 0 Å². The van der Waals surface area contributed by atoms with Gasteiger partial charge in [0.15, 0.2) is 0 Å². The van der Waals surface area contributed by atoms with Gasteiger partial charge in [0.2, 0.25) is 0 Å². The second-order valence-corrected chi connectivity index (χ2v) is 6.38. The number of ketones is 1. The van der Waals surface area contributed by atoms with Crippen LogP contribution in [0.4, 0.5) is 0 Å². The monoisotopic (exact) mass is 292 g/mol. The molecule has 0 amide bonds. The molecule has 0 aromatic heterocycles. The largest absolute Gasteiger partial charge is 0.299 e. The first kappa shape index (κ1) is 15.0. The average molecular weight is 292 g/mol. The third-order valence-electron chi connectivity index (χ3n) is 4.86. The lowest BCUT2D eigenvalue weighted by Crippen LogP contribution is -2.26. The summed E-state index contributed by atoms with van der Waals surface area (Å²) in [6.07, 6.45) is 6.46. The summed E-state index contributed by atoms with van der Waals surface area (Å²) in [6.45, 7) is 0. The minimum atomic E-state index is 0.130. The molecule has 1 fully saturated rings. The number of Topliss-reactive ketones (excluding diaryl/α,β-unsaturated/α-hetero) is 1. The zero-order valence-corrected chi connectivity index (χ0v) is 13.1. The molecule has 2 atom stereocenters. The number of carbonyl (C=O) groups is 1. The Hall–Kier alpha value is -1.89. The fourth-order valence-electron chi connectivity index (χ4n) is 3.77. The lowest BCUT2D eigenvalue weighted by molar-refractivity contribution is -0.123. The van der Waals surface area contributed by atoms with Crippen molar-refractivity contribution in [3.63, 3.8) is 0 Å². The summed E-state index contributed by atoms with van der Waals surface area (Å²) < 4.78 is 0. The first-order chi connectivity index (χ1) is 10.8. The summed E-state index contributed by atoms with van der Waals surface area (Å²) in [4.78, 5) is 12.4. The van der Waals surface area contributed by atoms with Gasteiger partial charge in [-0.25, -0.2) is 0 Å². The molecule has 2 aromatic rings. The summed E-state index contributed by atoms with van der Waals surface area (Å²) in [5.41, 5.74) is 2.62. The lowest BCUT2D eigenvalue weighted by Gasteiger charge is -2.31. The Balaban J connectivity index is 1.64. The Morgan fingerprint density at radius 3 is 2.32 bits per heavy atom. The molecule has 0 radical (unpaired) electrons. The van der Waals surface area contributed by atoms with Gasteiger partial charge in [-0.15, -0.1) is 0 Å². The first-order valence-corrected chi connectivity index (χ1v) is 8.46. The Morgan fingerprint density at radius 2 is 1.59 bits per heavy atom. The van der Waals surface area contributed by atoms with E-state index in [1.54, 1.807) is 0 Å². The topological polar surface area (TPSA) is 17.1 Å². The minimum Gasteiger partial charge on any atom is -0.299 e. The maximum atomic E-state index is 12.4. The number of carbonyl (C=O) groups excluding carboxylic acids is 1. The molecular formula is C21H24O. The van der Waals surface area contributed by atoms with Crippen LogP contribution in [0.25, 0.3) is 0 Å². The summed E-state index contributed by atoms with van der Waals surface area (Å²) in [7, 11) is 0. The summed E-state index contributed by atoms with van der Waals surface area (Å²) in [5, 5.41) is 0. The maximum Gasteiger partial charge on any atom is 0.140 e. The summed E-state index contributed by atoms with van der Waals surface area (Å²) >= 11 is 0.